The Bertz CT molecular complexity index is 1270. The summed E-state index contributed by atoms with van der Waals surface area (Å²) in [4.78, 5) is 12.4. The lowest BCUT2D eigenvalue weighted by Gasteiger charge is -2.16. The Morgan fingerprint density at radius 1 is 1.03 bits per heavy atom. The zero-order valence-corrected chi connectivity index (χ0v) is 17.9. The lowest BCUT2D eigenvalue weighted by Crippen LogP contribution is -2.23. The number of ether oxygens (including phenoxy) is 2. The first-order chi connectivity index (χ1) is 15.0. The van der Waals surface area contributed by atoms with E-state index in [1.54, 1.807) is 31.0 Å². The number of aryl methyl sites for hydroxylation is 3. The molecule has 160 valence electrons. The standard InChI is InChI=1S/C22H24N6O3/c1-5-15-13-16(18-11-12-26(2)23-18)9-10-20(15)31-14-17-19(7-6-8-21(17)30-4)28-22(29)27(3)24-25-28/h6-13H,5,14H2,1-4H3. The van der Waals surface area contributed by atoms with Gasteiger partial charge in [0.2, 0.25) is 0 Å². The minimum absolute atomic E-state index is 0.207. The Morgan fingerprint density at radius 2 is 1.87 bits per heavy atom. The molecule has 0 saturated carbocycles. The molecule has 0 aliphatic heterocycles. The predicted octanol–water partition coefficient (Wildman–Crippen LogP) is 2.52. The highest BCUT2D eigenvalue weighted by Crippen LogP contribution is 2.30. The molecule has 0 radical (unpaired) electrons. The van der Waals surface area contributed by atoms with E-state index in [-0.39, 0.29) is 12.3 Å². The molecule has 0 saturated heterocycles. The van der Waals surface area contributed by atoms with Gasteiger partial charge in [-0.15, -0.1) is 0 Å². The number of hydrogen-bond acceptors (Lipinski definition) is 6. The van der Waals surface area contributed by atoms with Crippen LogP contribution in [0.4, 0.5) is 0 Å². The number of tetrazole rings is 1. The average molecular weight is 420 g/mol. The van der Waals surface area contributed by atoms with Crippen LogP contribution in [-0.2, 0) is 27.1 Å². The van der Waals surface area contributed by atoms with Gasteiger partial charge < -0.3 is 9.47 Å². The normalized spacial score (nSPS) is 11.0. The molecule has 31 heavy (non-hydrogen) atoms. The van der Waals surface area contributed by atoms with Crippen LogP contribution >= 0.6 is 0 Å². The second-order valence-electron chi connectivity index (χ2n) is 7.09. The quantitative estimate of drug-likeness (QED) is 0.456. The van der Waals surface area contributed by atoms with Crippen molar-refractivity contribution in [3.05, 3.63) is 70.3 Å². The fourth-order valence-corrected chi connectivity index (χ4v) is 3.43. The van der Waals surface area contributed by atoms with E-state index in [0.717, 1.165) is 29.0 Å². The molecule has 0 unspecified atom stereocenters. The topological polar surface area (TPSA) is 89.0 Å². The third kappa shape index (κ3) is 3.94. The number of nitrogens with zero attached hydrogens (tertiary/aromatic N) is 6. The number of hydrogen-bond donors (Lipinski definition) is 0. The molecular weight excluding hydrogens is 396 g/mol. The van der Waals surface area contributed by atoms with Crippen molar-refractivity contribution in [1.29, 1.82) is 0 Å². The van der Waals surface area contributed by atoms with Gasteiger partial charge in [0.25, 0.3) is 0 Å². The Labute approximate surface area is 179 Å². The van der Waals surface area contributed by atoms with E-state index >= 15 is 0 Å². The Balaban J connectivity index is 1.66. The summed E-state index contributed by atoms with van der Waals surface area (Å²) in [7, 11) is 5.04. The summed E-state index contributed by atoms with van der Waals surface area (Å²) in [6.07, 6.45) is 2.72. The summed E-state index contributed by atoms with van der Waals surface area (Å²) < 4.78 is 15.9. The van der Waals surface area contributed by atoms with Gasteiger partial charge in [0.1, 0.15) is 18.1 Å². The van der Waals surface area contributed by atoms with Gasteiger partial charge in [-0.05, 0) is 58.8 Å². The van der Waals surface area contributed by atoms with Crippen molar-refractivity contribution in [2.24, 2.45) is 14.1 Å². The van der Waals surface area contributed by atoms with Crippen molar-refractivity contribution >= 4 is 0 Å². The number of benzene rings is 2. The van der Waals surface area contributed by atoms with Crippen LogP contribution in [0.2, 0.25) is 0 Å². The number of methoxy groups -OCH3 is 1. The maximum atomic E-state index is 12.4. The molecule has 4 rings (SSSR count). The second kappa shape index (κ2) is 8.47. The predicted molar refractivity (Wildman–Crippen MR) is 116 cm³/mol. The first kappa shape index (κ1) is 20.4. The SMILES string of the molecule is CCc1cc(-c2ccn(C)n2)ccc1OCc1c(OC)cccc1-n1nnn(C)c1=O. The van der Waals surface area contributed by atoms with Crippen LogP contribution in [0, 0.1) is 0 Å². The Hall–Kier alpha value is -3.88. The molecule has 0 aliphatic rings. The molecule has 0 spiro atoms. The highest BCUT2D eigenvalue weighted by molar-refractivity contribution is 5.62. The van der Waals surface area contributed by atoms with Crippen molar-refractivity contribution in [3.63, 3.8) is 0 Å². The summed E-state index contributed by atoms with van der Waals surface area (Å²) in [5.74, 6) is 1.38. The van der Waals surface area contributed by atoms with Crippen molar-refractivity contribution < 1.29 is 9.47 Å². The van der Waals surface area contributed by atoms with Gasteiger partial charge >= 0.3 is 5.69 Å². The van der Waals surface area contributed by atoms with Gasteiger partial charge in [-0.1, -0.05) is 13.0 Å². The first-order valence-electron chi connectivity index (χ1n) is 9.92. The molecule has 0 amide bonds. The first-order valence-corrected chi connectivity index (χ1v) is 9.92. The van der Waals surface area contributed by atoms with Gasteiger partial charge in [-0.25, -0.2) is 4.79 Å². The van der Waals surface area contributed by atoms with Crippen LogP contribution in [0.1, 0.15) is 18.1 Å². The maximum absolute atomic E-state index is 12.4. The summed E-state index contributed by atoms with van der Waals surface area (Å²) in [5, 5.41) is 12.2. The fraction of sp³-hybridized carbons (Fsp3) is 0.273. The molecule has 0 N–H and O–H groups in total. The molecular formula is C22H24N6O3. The molecule has 2 aromatic heterocycles. The van der Waals surface area contributed by atoms with E-state index in [1.807, 2.05) is 37.5 Å². The molecule has 9 heteroatoms. The summed E-state index contributed by atoms with van der Waals surface area (Å²) in [6, 6.07) is 13.4. The van der Waals surface area contributed by atoms with Crippen LogP contribution in [0.15, 0.2) is 53.5 Å². The van der Waals surface area contributed by atoms with E-state index < -0.39 is 0 Å². The van der Waals surface area contributed by atoms with Gasteiger partial charge in [0.05, 0.1) is 24.1 Å². The minimum Gasteiger partial charge on any atom is -0.496 e. The van der Waals surface area contributed by atoms with Crippen LogP contribution in [0.25, 0.3) is 16.9 Å². The van der Waals surface area contributed by atoms with Crippen LogP contribution < -0.4 is 15.2 Å². The van der Waals surface area contributed by atoms with Crippen molar-refractivity contribution in [2.75, 3.05) is 7.11 Å². The van der Waals surface area contributed by atoms with Crippen LogP contribution in [-0.4, -0.2) is 36.7 Å². The lowest BCUT2D eigenvalue weighted by molar-refractivity contribution is 0.293. The van der Waals surface area contributed by atoms with E-state index in [0.29, 0.717) is 17.0 Å². The molecule has 2 heterocycles. The number of rotatable bonds is 7. The summed E-state index contributed by atoms with van der Waals surface area (Å²) >= 11 is 0. The summed E-state index contributed by atoms with van der Waals surface area (Å²) in [5.41, 5.74) is 3.95. The van der Waals surface area contributed by atoms with Crippen molar-refractivity contribution in [1.82, 2.24) is 29.6 Å². The maximum Gasteiger partial charge on any atom is 0.368 e. The van der Waals surface area contributed by atoms with Gasteiger partial charge in [-0.2, -0.15) is 14.5 Å². The van der Waals surface area contributed by atoms with Crippen molar-refractivity contribution in [2.45, 2.75) is 20.0 Å². The third-order valence-corrected chi connectivity index (χ3v) is 5.10. The van der Waals surface area contributed by atoms with Crippen molar-refractivity contribution in [3.8, 4) is 28.4 Å². The van der Waals surface area contributed by atoms with Crippen LogP contribution in [0.5, 0.6) is 11.5 Å². The van der Waals surface area contributed by atoms with E-state index in [4.69, 9.17) is 9.47 Å². The Kier molecular flexibility index (Phi) is 5.57. The smallest absolute Gasteiger partial charge is 0.368 e. The van der Waals surface area contributed by atoms with E-state index in [1.165, 1.54) is 9.36 Å². The third-order valence-electron chi connectivity index (χ3n) is 5.10. The molecule has 2 aromatic carbocycles. The molecule has 0 fully saturated rings. The molecule has 0 aliphatic carbocycles. The number of aromatic nitrogens is 6. The second-order valence-corrected chi connectivity index (χ2v) is 7.09. The minimum atomic E-state index is -0.344. The van der Waals surface area contributed by atoms with Gasteiger partial charge in [-0.3, -0.25) is 4.68 Å². The lowest BCUT2D eigenvalue weighted by atomic mass is 10.1. The highest BCUT2D eigenvalue weighted by Gasteiger charge is 2.17. The van der Waals surface area contributed by atoms with E-state index in [2.05, 4.69) is 28.5 Å². The summed E-state index contributed by atoms with van der Waals surface area (Å²) in [6.45, 7) is 2.29. The molecule has 9 nitrogen and oxygen atoms in total. The zero-order valence-electron chi connectivity index (χ0n) is 17.9. The fourth-order valence-electron chi connectivity index (χ4n) is 3.43. The van der Waals surface area contributed by atoms with Gasteiger partial charge in [0, 0.05) is 25.9 Å². The molecule has 4 aromatic rings. The monoisotopic (exact) mass is 420 g/mol. The average Bonchev–Trinajstić information content (AvgIpc) is 3.37. The van der Waals surface area contributed by atoms with Gasteiger partial charge in [0.15, 0.2) is 0 Å². The largest absolute Gasteiger partial charge is 0.496 e. The molecule has 0 bridgehead atoms. The zero-order chi connectivity index (χ0) is 22.0. The van der Waals surface area contributed by atoms with Crippen LogP contribution in [0.3, 0.4) is 0 Å². The Morgan fingerprint density at radius 3 is 2.52 bits per heavy atom. The van der Waals surface area contributed by atoms with E-state index in [9.17, 15) is 4.79 Å². The molecule has 0 atom stereocenters. The highest BCUT2D eigenvalue weighted by atomic mass is 16.5.